The third kappa shape index (κ3) is 10.1. The number of nitrogens with zero attached hydrogens (tertiary/aromatic N) is 4. The SMILES string of the molecule is CC[C@@]1(O)C(=O)CCc2c1cc1n(c2=O)Cc2c-1nc1cc(F)c(C)c3c1c2[C@@H](NC(=O)COC(C)(C)C)CC3.CC[C@@]1(O)C(=O)OCc2c1cc1n(c2=O)Cc2c-1nc1cc(F)c(C)c3c1c2[C@@H](NC(=O)COCNC(=O)CCC(C)C)CC3. The number of pyridine rings is 4. The monoisotopic (exact) mass is 1170 g/mol. The fraction of sp³-hybridized carbons (Fsp3) is 0.484. The predicted octanol–water partition coefficient (Wildman–Crippen LogP) is 7.06. The first-order valence-electron chi connectivity index (χ1n) is 29.3. The van der Waals surface area contributed by atoms with Crippen molar-refractivity contribution >= 4 is 51.3 Å². The van der Waals surface area contributed by atoms with E-state index in [0.717, 1.165) is 45.0 Å². The Morgan fingerprint density at radius 1 is 0.706 bits per heavy atom. The Bertz CT molecular complexity index is 4010. The van der Waals surface area contributed by atoms with Crippen molar-refractivity contribution in [1.82, 2.24) is 35.1 Å². The highest BCUT2D eigenvalue weighted by atomic mass is 19.1. The number of halogens is 2. The van der Waals surface area contributed by atoms with Crippen LogP contribution in [-0.2, 0) is 88.3 Å². The largest absolute Gasteiger partial charge is 0.458 e. The molecule has 3 aliphatic heterocycles. The van der Waals surface area contributed by atoms with Crippen LogP contribution >= 0.6 is 0 Å². The molecule has 4 atom stereocenters. The van der Waals surface area contributed by atoms with E-state index in [2.05, 4.69) is 16.0 Å². The number of Topliss-reactive ketones (excluding diaryl/α,β-unsaturated/α-hetero) is 1. The lowest BCUT2D eigenvalue weighted by molar-refractivity contribution is -0.172. The Balaban J connectivity index is 0.000000178. The van der Waals surface area contributed by atoms with Gasteiger partial charge in [0.05, 0.1) is 70.1 Å². The Hall–Kier alpha value is -7.59. The van der Waals surface area contributed by atoms with E-state index in [1.807, 2.05) is 34.6 Å². The first-order valence-corrected chi connectivity index (χ1v) is 29.3. The molecule has 3 amide bonds. The maximum atomic E-state index is 15.1. The molecule has 4 aromatic heterocycles. The summed E-state index contributed by atoms with van der Waals surface area (Å²) >= 11 is 0. The molecule has 2 aromatic carbocycles. The van der Waals surface area contributed by atoms with Gasteiger partial charge in [-0.25, -0.2) is 23.5 Å². The minimum absolute atomic E-state index is 0.0105. The third-order valence-corrected chi connectivity index (χ3v) is 18.0. The second-order valence-electron chi connectivity index (χ2n) is 24.7. The summed E-state index contributed by atoms with van der Waals surface area (Å²) in [6, 6.07) is 5.26. The normalized spacial score (nSPS) is 20.4. The highest BCUT2D eigenvalue weighted by Gasteiger charge is 2.47. The van der Waals surface area contributed by atoms with E-state index in [0.29, 0.717) is 99.6 Å². The van der Waals surface area contributed by atoms with E-state index in [1.54, 1.807) is 44.4 Å². The molecular formula is C64H71F2N7O12. The van der Waals surface area contributed by atoms with Crippen LogP contribution in [0.25, 0.3) is 44.6 Å². The zero-order chi connectivity index (χ0) is 60.9. The van der Waals surface area contributed by atoms with Crippen molar-refractivity contribution in [1.29, 1.82) is 0 Å². The number of rotatable bonds is 13. The van der Waals surface area contributed by atoms with Crippen molar-refractivity contribution in [2.24, 2.45) is 5.92 Å². The third-order valence-electron chi connectivity index (χ3n) is 18.0. The number of amides is 3. The molecule has 0 bridgehead atoms. The summed E-state index contributed by atoms with van der Waals surface area (Å²) in [5.41, 5.74) is 4.91. The molecule has 0 radical (unpaired) electrons. The molecule has 0 spiro atoms. The summed E-state index contributed by atoms with van der Waals surface area (Å²) in [5.74, 6) is -2.24. The van der Waals surface area contributed by atoms with Crippen LogP contribution in [0.2, 0.25) is 0 Å². The molecule has 3 aliphatic carbocycles. The number of aromatic nitrogens is 4. The molecule has 85 heavy (non-hydrogen) atoms. The van der Waals surface area contributed by atoms with Crippen molar-refractivity contribution in [3.63, 3.8) is 0 Å². The summed E-state index contributed by atoms with van der Waals surface area (Å²) in [6.07, 6.45) is 3.83. The molecule has 0 saturated heterocycles. The van der Waals surface area contributed by atoms with E-state index in [1.165, 1.54) is 16.7 Å². The topological polar surface area (TPSA) is 259 Å². The van der Waals surface area contributed by atoms with Gasteiger partial charge < -0.3 is 49.5 Å². The van der Waals surface area contributed by atoms with Gasteiger partial charge in [0.15, 0.2) is 11.4 Å². The second kappa shape index (κ2) is 22.0. The zero-order valence-electron chi connectivity index (χ0n) is 49.4. The summed E-state index contributed by atoms with van der Waals surface area (Å²) in [6.45, 7) is 16.2. The molecule has 448 valence electrons. The number of nitrogens with one attached hydrogen (secondary N) is 3. The van der Waals surface area contributed by atoms with Gasteiger partial charge in [-0.2, -0.15) is 0 Å². The summed E-state index contributed by atoms with van der Waals surface area (Å²) < 4.78 is 49.6. The van der Waals surface area contributed by atoms with E-state index in [9.17, 15) is 43.8 Å². The molecule has 7 heterocycles. The molecule has 0 saturated carbocycles. The van der Waals surface area contributed by atoms with Gasteiger partial charge in [-0.1, -0.05) is 27.7 Å². The Kier molecular flexibility index (Phi) is 15.3. The van der Waals surface area contributed by atoms with Gasteiger partial charge in [0.1, 0.15) is 43.8 Å². The van der Waals surface area contributed by atoms with Crippen molar-refractivity contribution in [2.75, 3.05) is 19.9 Å². The Morgan fingerprint density at radius 3 is 1.72 bits per heavy atom. The quantitative estimate of drug-likeness (QED) is 0.0440. The van der Waals surface area contributed by atoms with Gasteiger partial charge in [0.2, 0.25) is 17.7 Å². The number of carbonyl (C=O) groups excluding carboxylic acids is 5. The highest BCUT2D eigenvalue weighted by molar-refractivity contribution is 5.96. The van der Waals surface area contributed by atoms with Crippen LogP contribution in [0.3, 0.4) is 0 Å². The summed E-state index contributed by atoms with van der Waals surface area (Å²) in [4.78, 5) is 101. The number of aryl methyl sites for hydroxylation is 2. The van der Waals surface area contributed by atoms with Gasteiger partial charge >= 0.3 is 5.97 Å². The molecular weight excluding hydrogens is 1100 g/mol. The summed E-state index contributed by atoms with van der Waals surface area (Å²) in [5, 5.41) is 32.9. The number of hydrogen-bond donors (Lipinski definition) is 5. The van der Waals surface area contributed by atoms with E-state index in [4.69, 9.17) is 24.2 Å². The molecule has 6 aliphatic rings. The lowest BCUT2D eigenvalue weighted by atomic mass is 9.77. The molecule has 6 aromatic rings. The highest BCUT2D eigenvalue weighted by Crippen LogP contribution is 2.48. The van der Waals surface area contributed by atoms with Crippen LogP contribution in [0.4, 0.5) is 8.78 Å². The number of benzene rings is 2. The molecule has 21 heteroatoms. The zero-order valence-corrected chi connectivity index (χ0v) is 49.4. The Labute approximate surface area is 488 Å². The molecule has 0 fully saturated rings. The first kappa shape index (κ1) is 59.2. The maximum absolute atomic E-state index is 15.1. The lowest BCUT2D eigenvalue weighted by Gasteiger charge is -2.32. The van der Waals surface area contributed by atoms with Gasteiger partial charge in [-0.05, 0) is 137 Å². The van der Waals surface area contributed by atoms with Crippen LogP contribution in [0, 0.1) is 31.4 Å². The average Bonchev–Trinajstić information content (AvgIpc) is 1.71. The number of hydrogen-bond acceptors (Lipinski definition) is 14. The van der Waals surface area contributed by atoms with E-state index in [-0.39, 0.29) is 117 Å². The minimum atomic E-state index is -1.98. The molecule has 19 nitrogen and oxygen atoms in total. The van der Waals surface area contributed by atoms with Gasteiger partial charge in [-0.3, -0.25) is 28.8 Å². The smallest absolute Gasteiger partial charge is 0.343 e. The first-order chi connectivity index (χ1) is 40.3. The molecule has 12 rings (SSSR count). The fourth-order valence-electron chi connectivity index (χ4n) is 13.3. The van der Waals surface area contributed by atoms with Crippen LogP contribution in [-0.4, -0.2) is 84.3 Å². The predicted molar refractivity (Wildman–Crippen MR) is 309 cm³/mol. The number of ether oxygens (including phenoxy) is 3. The number of esters is 1. The number of fused-ring (bicyclic) bond motifs is 10. The number of carbonyl (C=O) groups is 5. The standard InChI is InChI=1S/C33H37FN4O7.C31H34FN3O5/c1-5-33(43)21-10-25-30-19(12-38(25)31(41)20(21)13-45-32(33)42)29-23(8-7-18-17(4)22(34)11-24(37-30)28(18)29)36-27(40)14-44-15-35-26(39)9-6-16(2)3;1-6-31(39)19-11-23-28-18(13-35(23)29(38)17(19)8-10-24(31)36)27-21(33-25(37)14-40-30(3,4)5)9-7-16-15(2)20(32)12-22(34-28)26(16)27/h10-11,16,23,43H,5-9,12-15H2,1-4H3,(H,35,39)(H,36,40);11-12,21,39H,6-10,13-14H2,1-5H3,(H,33,37)/t23-,33-;21-,31-/m00/s1. The second-order valence-corrected chi connectivity index (χ2v) is 24.7. The van der Waals surface area contributed by atoms with E-state index >= 15 is 8.78 Å². The lowest BCUT2D eigenvalue weighted by Crippen LogP contribution is -2.44. The fourth-order valence-corrected chi connectivity index (χ4v) is 13.3. The van der Waals surface area contributed by atoms with Crippen LogP contribution in [0.5, 0.6) is 0 Å². The van der Waals surface area contributed by atoms with Gasteiger partial charge in [0.25, 0.3) is 11.1 Å². The number of ketones is 1. The van der Waals surface area contributed by atoms with Crippen molar-refractivity contribution < 1.29 is 57.2 Å². The summed E-state index contributed by atoms with van der Waals surface area (Å²) in [7, 11) is 0. The van der Waals surface area contributed by atoms with Crippen molar-refractivity contribution in [3.05, 3.63) is 123 Å². The van der Waals surface area contributed by atoms with E-state index < -0.39 is 40.2 Å². The van der Waals surface area contributed by atoms with Crippen LogP contribution < -0.4 is 27.1 Å². The van der Waals surface area contributed by atoms with Gasteiger partial charge in [-0.15, -0.1) is 0 Å². The van der Waals surface area contributed by atoms with Crippen molar-refractivity contribution in [3.8, 4) is 22.8 Å². The minimum Gasteiger partial charge on any atom is -0.458 e. The molecule has 0 unspecified atom stereocenters. The van der Waals surface area contributed by atoms with Crippen LogP contribution in [0.15, 0.2) is 33.9 Å². The van der Waals surface area contributed by atoms with Crippen molar-refractivity contribution in [2.45, 2.75) is 175 Å². The van der Waals surface area contributed by atoms with Gasteiger partial charge in [0, 0.05) is 63.6 Å². The average molecular weight is 1170 g/mol. The van der Waals surface area contributed by atoms with Crippen LogP contribution in [0.1, 0.15) is 172 Å². The Morgan fingerprint density at radius 2 is 1.21 bits per heavy atom. The molecule has 5 N–H and O–H groups in total. The maximum Gasteiger partial charge on any atom is 0.343 e. The number of aliphatic hydroxyl groups is 2. The number of cyclic esters (lactones) is 1.